The molecule has 1 atom stereocenters. The van der Waals surface area contributed by atoms with Crippen LogP contribution in [-0.2, 0) is 14.8 Å². The lowest BCUT2D eigenvalue weighted by Gasteiger charge is -2.27. The molecule has 1 amide bonds. The maximum Gasteiger partial charge on any atom is 0.264 e. The zero-order chi connectivity index (χ0) is 23.4. The number of carbonyl (C=O) groups excluding carboxylic acids is 1. The highest BCUT2D eigenvalue weighted by molar-refractivity contribution is 9.10. The molecule has 0 spiro atoms. The first kappa shape index (κ1) is 23.1. The Morgan fingerprint density at radius 1 is 1.06 bits per heavy atom. The van der Waals surface area contributed by atoms with Crippen molar-refractivity contribution in [2.75, 3.05) is 24.0 Å². The summed E-state index contributed by atoms with van der Waals surface area (Å²) < 4.78 is 40.2. The Balaban J connectivity index is 1.49. The van der Waals surface area contributed by atoms with Gasteiger partial charge in [0.25, 0.3) is 10.0 Å². The van der Waals surface area contributed by atoms with Gasteiger partial charge in [0, 0.05) is 4.47 Å². The molecule has 0 aliphatic carbocycles. The van der Waals surface area contributed by atoms with E-state index in [1.807, 2.05) is 25.1 Å². The summed E-state index contributed by atoms with van der Waals surface area (Å²) in [5.74, 6) is 0.818. The molecule has 7 nitrogen and oxygen atoms in total. The number of sulfonamides is 1. The van der Waals surface area contributed by atoms with Crippen molar-refractivity contribution in [2.45, 2.75) is 17.9 Å². The predicted molar refractivity (Wildman–Crippen MR) is 129 cm³/mol. The van der Waals surface area contributed by atoms with Crippen molar-refractivity contribution >= 4 is 37.5 Å². The number of benzene rings is 3. The molecule has 4 rings (SSSR count). The Morgan fingerprint density at radius 3 is 2.52 bits per heavy atom. The van der Waals surface area contributed by atoms with Crippen LogP contribution >= 0.6 is 15.9 Å². The lowest BCUT2D eigenvalue weighted by atomic mass is 10.2. The third-order valence-electron chi connectivity index (χ3n) is 5.09. The van der Waals surface area contributed by atoms with E-state index in [2.05, 4.69) is 21.2 Å². The number of aryl methyl sites for hydroxylation is 1. The van der Waals surface area contributed by atoms with Crippen LogP contribution in [0.4, 0.5) is 5.69 Å². The zero-order valence-corrected chi connectivity index (χ0v) is 20.3. The molecule has 0 fully saturated rings. The van der Waals surface area contributed by atoms with Crippen molar-refractivity contribution in [3.63, 3.8) is 0 Å². The minimum absolute atomic E-state index is 0.112. The van der Waals surface area contributed by atoms with Crippen LogP contribution in [-0.4, -0.2) is 40.1 Å². The van der Waals surface area contributed by atoms with Crippen LogP contribution in [0.2, 0.25) is 0 Å². The molecule has 9 heteroatoms. The molecule has 0 unspecified atom stereocenters. The molecule has 33 heavy (non-hydrogen) atoms. The lowest BCUT2D eigenvalue weighted by molar-refractivity contribution is -0.120. The van der Waals surface area contributed by atoms with Crippen LogP contribution < -0.4 is 19.1 Å². The molecule has 0 aromatic heterocycles. The van der Waals surface area contributed by atoms with E-state index in [1.165, 1.54) is 12.1 Å². The van der Waals surface area contributed by atoms with E-state index in [0.717, 1.165) is 9.87 Å². The Bertz CT molecular complexity index is 1250. The average Bonchev–Trinajstić information content (AvgIpc) is 2.81. The van der Waals surface area contributed by atoms with Crippen LogP contribution in [0.3, 0.4) is 0 Å². The number of anilines is 1. The number of hydrogen-bond acceptors (Lipinski definition) is 5. The summed E-state index contributed by atoms with van der Waals surface area (Å²) >= 11 is 3.37. The maximum atomic E-state index is 13.4. The molecule has 172 valence electrons. The van der Waals surface area contributed by atoms with E-state index in [-0.39, 0.29) is 30.7 Å². The van der Waals surface area contributed by atoms with Gasteiger partial charge in [0.2, 0.25) is 5.91 Å². The maximum absolute atomic E-state index is 13.4. The zero-order valence-electron chi connectivity index (χ0n) is 17.9. The molecule has 1 N–H and O–H groups in total. The number of para-hydroxylation sites is 2. The minimum Gasteiger partial charge on any atom is -0.486 e. The van der Waals surface area contributed by atoms with Crippen molar-refractivity contribution in [3.8, 4) is 11.5 Å². The van der Waals surface area contributed by atoms with Crippen LogP contribution in [0, 0.1) is 6.92 Å². The Hall–Kier alpha value is -3.04. The number of fused-ring (bicyclic) bond motifs is 1. The van der Waals surface area contributed by atoms with Crippen LogP contribution in [0.15, 0.2) is 82.2 Å². The number of hydrogen-bond donors (Lipinski definition) is 1. The number of nitrogens with zero attached hydrogens (tertiary/aromatic N) is 1. The van der Waals surface area contributed by atoms with E-state index in [4.69, 9.17) is 9.47 Å². The van der Waals surface area contributed by atoms with Gasteiger partial charge in [-0.05, 0) is 49.4 Å². The van der Waals surface area contributed by atoms with Crippen molar-refractivity contribution < 1.29 is 22.7 Å². The topological polar surface area (TPSA) is 84.9 Å². The summed E-state index contributed by atoms with van der Waals surface area (Å²) in [7, 11) is -3.97. The quantitative estimate of drug-likeness (QED) is 0.500. The van der Waals surface area contributed by atoms with Gasteiger partial charge in [-0.1, -0.05) is 51.8 Å². The van der Waals surface area contributed by atoms with E-state index < -0.39 is 15.9 Å². The van der Waals surface area contributed by atoms with Gasteiger partial charge < -0.3 is 14.8 Å². The molecule has 0 saturated heterocycles. The van der Waals surface area contributed by atoms with Gasteiger partial charge in [0.15, 0.2) is 11.5 Å². The first-order valence-corrected chi connectivity index (χ1v) is 12.6. The standard InChI is InChI=1S/C24H23BrN2O5S/c1-17-9-11-21(12-10-17)33(29,30)27(19-6-4-5-18(25)13-19)15-24(28)26-14-20-16-31-22-7-2-3-8-23(22)32-20/h2-13,20H,14-16H2,1H3,(H,26,28)/t20-/m1/s1. The normalized spacial score (nSPS) is 15.0. The predicted octanol–water partition coefficient (Wildman–Crippen LogP) is 3.91. The van der Waals surface area contributed by atoms with E-state index in [1.54, 1.807) is 42.5 Å². The molecule has 0 saturated carbocycles. The van der Waals surface area contributed by atoms with Gasteiger partial charge in [0.05, 0.1) is 17.1 Å². The van der Waals surface area contributed by atoms with Gasteiger partial charge in [-0.15, -0.1) is 0 Å². The highest BCUT2D eigenvalue weighted by atomic mass is 79.9. The van der Waals surface area contributed by atoms with Crippen molar-refractivity contribution in [1.82, 2.24) is 5.32 Å². The monoisotopic (exact) mass is 530 g/mol. The van der Waals surface area contributed by atoms with E-state index in [0.29, 0.717) is 21.7 Å². The minimum atomic E-state index is -3.97. The second-order valence-corrected chi connectivity index (χ2v) is 10.4. The fourth-order valence-electron chi connectivity index (χ4n) is 3.36. The van der Waals surface area contributed by atoms with Crippen LogP contribution in [0.25, 0.3) is 0 Å². The Kier molecular flexibility index (Phi) is 6.90. The Labute approximate surface area is 201 Å². The van der Waals surface area contributed by atoms with Gasteiger partial charge in [-0.2, -0.15) is 0 Å². The first-order valence-electron chi connectivity index (χ1n) is 10.3. The molecule has 1 aliphatic rings. The second kappa shape index (κ2) is 9.84. The van der Waals surface area contributed by atoms with E-state index >= 15 is 0 Å². The third kappa shape index (κ3) is 5.48. The highest BCUT2D eigenvalue weighted by Crippen LogP contribution is 2.31. The number of halogens is 1. The molecule has 1 aliphatic heterocycles. The number of amides is 1. The summed E-state index contributed by atoms with van der Waals surface area (Å²) in [4.78, 5) is 12.9. The number of rotatable bonds is 7. The molecule has 3 aromatic carbocycles. The summed E-state index contributed by atoms with van der Waals surface area (Å²) in [6.45, 7) is 1.97. The van der Waals surface area contributed by atoms with Gasteiger partial charge >= 0.3 is 0 Å². The lowest BCUT2D eigenvalue weighted by Crippen LogP contribution is -2.45. The van der Waals surface area contributed by atoms with Gasteiger partial charge in [-0.3, -0.25) is 9.10 Å². The molecular formula is C24H23BrN2O5S. The highest BCUT2D eigenvalue weighted by Gasteiger charge is 2.28. The SMILES string of the molecule is Cc1ccc(S(=O)(=O)N(CC(=O)NC[C@@H]2COc3ccccc3O2)c2cccc(Br)c2)cc1. The summed E-state index contributed by atoms with van der Waals surface area (Å²) in [5, 5.41) is 2.77. The van der Waals surface area contributed by atoms with E-state index in [9.17, 15) is 13.2 Å². The van der Waals surface area contributed by atoms with Gasteiger partial charge in [0.1, 0.15) is 19.3 Å². The fourth-order valence-corrected chi connectivity index (χ4v) is 5.16. The smallest absolute Gasteiger partial charge is 0.264 e. The van der Waals surface area contributed by atoms with Crippen LogP contribution in [0.5, 0.6) is 11.5 Å². The molecule has 0 radical (unpaired) electrons. The molecule has 1 heterocycles. The third-order valence-corrected chi connectivity index (χ3v) is 7.37. The van der Waals surface area contributed by atoms with Crippen LogP contribution in [0.1, 0.15) is 5.56 Å². The summed E-state index contributed by atoms with van der Waals surface area (Å²) in [6.07, 6.45) is -0.378. The van der Waals surface area contributed by atoms with Crippen molar-refractivity contribution in [1.29, 1.82) is 0 Å². The fraction of sp³-hybridized carbons (Fsp3) is 0.208. The number of ether oxygens (including phenoxy) is 2. The van der Waals surface area contributed by atoms with Gasteiger partial charge in [-0.25, -0.2) is 8.42 Å². The number of carbonyl (C=O) groups is 1. The Morgan fingerprint density at radius 2 is 1.79 bits per heavy atom. The van der Waals surface area contributed by atoms with Crippen molar-refractivity contribution in [3.05, 3.63) is 82.8 Å². The summed E-state index contributed by atoms with van der Waals surface area (Å²) in [5.41, 5.74) is 1.32. The molecule has 0 bridgehead atoms. The molecule has 3 aromatic rings. The average molecular weight is 531 g/mol. The summed E-state index contributed by atoms with van der Waals surface area (Å²) in [6, 6.07) is 20.7. The largest absolute Gasteiger partial charge is 0.486 e. The first-order chi connectivity index (χ1) is 15.8. The molecular weight excluding hydrogens is 508 g/mol. The second-order valence-electron chi connectivity index (χ2n) is 7.61. The number of nitrogens with one attached hydrogen (secondary N) is 1. The van der Waals surface area contributed by atoms with Crippen molar-refractivity contribution in [2.24, 2.45) is 0 Å².